The summed E-state index contributed by atoms with van der Waals surface area (Å²) in [5, 5.41) is 15.8. The van der Waals surface area contributed by atoms with Gasteiger partial charge in [0.25, 0.3) is 0 Å². The SMILES string of the molecule is C=C(C)C(=O)O.C=C(C)C(=O)O.C=CC. The molecule has 0 atom stereocenters. The Bertz CT molecular complexity index is 203. The van der Waals surface area contributed by atoms with Crippen molar-refractivity contribution in [1.82, 2.24) is 0 Å². The molecule has 0 aromatic heterocycles. The lowest BCUT2D eigenvalue weighted by atomic mass is 10.4. The van der Waals surface area contributed by atoms with Gasteiger partial charge in [0.2, 0.25) is 0 Å². The molecule has 0 bridgehead atoms. The molecule has 0 aliphatic rings. The number of carboxylic acid groups (broad SMARTS) is 2. The minimum absolute atomic E-state index is 0.176. The maximum atomic E-state index is 9.60. The zero-order valence-corrected chi connectivity index (χ0v) is 9.41. The Morgan fingerprint density at radius 1 is 1.00 bits per heavy atom. The maximum Gasteiger partial charge on any atom is 0.330 e. The van der Waals surface area contributed by atoms with Gasteiger partial charge in [-0.05, 0) is 20.8 Å². The summed E-state index contributed by atoms with van der Waals surface area (Å²) >= 11 is 0. The van der Waals surface area contributed by atoms with E-state index in [2.05, 4.69) is 19.7 Å². The molecule has 0 radical (unpaired) electrons. The summed E-state index contributed by atoms with van der Waals surface area (Å²) in [6.07, 6.45) is 1.75. The second-order valence-electron chi connectivity index (χ2n) is 2.58. The van der Waals surface area contributed by atoms with Gasteiger partial charge in [-0.15, -0.1) is 6.58 Å². The first-order chi connectivity index (χ1) is 6.70. The van der Waals surface area contributed by atoms with Gasteiger partial charge < -0.3 is 10.2 Å². The van der Waals surface area contributed by atoms with Gasteiger partial charge in [0.15, 0.2) is 0 Å². The van der Waals surface area contributed by atoms with Gasteiger partial charge in [0, 0.05) is 11.1 Å². The van der Waals surface area contributed by atoms with E-state index in [1.165, 1.54) is 13.8 Å². The first kappa shape index (κ1) is 18.9. The molecule has 0 heterocycles. The molecule has 0 amide bonds. The van der Waals surface area contributed by atoms with Gasteiger partial charge in [-0.2, -0.15) is 0 Å². The Morgan fingerprint density at radius 3 is 1.07 bits per heavy atom. The molecular weight excluding hydrogens is 196 g/mol. The molecule has 0 aromatic carbocycles. The van der Waals surface area contributed by atoms with Crippen molar-refractivity contribution in [3.8, 4) is 0 Å². The van der Waals surface area contributed by atoms with Crippen molar-refractivity contribution in [3.05, 3.63) is 37.0 Å². The third-order valence-electron chi connectivity index (χ3n) is 0.730. The number of hydrogen-bond donors (Lipinski definition) is 2. The highest BCUT2D eigenvalue weighted by Crippen LogP contribution is 1.81. The Kier molecular flexibility index (Phi) is 15.3. The van der Waals surface area contributed by atoms with Crippen molar-refractivity contribution >= 4 is 11.9 Å². The highest BCUT2D eigenvalue weighted by atomic mass is 16.4. The molecule has 86 valence electrons. The normalized spacial score (nSPS) is 6.87. The Hall–Kier alpha value is -1.84. The zero-order chi connectivity index (χ0) is 13.0. The van der Waals surface area contributed by atoms with E-state index in [0.717, 1.165) is 0 Å². The molecule has 0 unspecified atom stereocenters. The second kappa shape index (κ2) is 12.2. The highest BCUT2D eigenvalue weighted by molar-refractivity contribution is 5.85. The molecule has 15 heavy (non-hydrogen) atoms. The van der Waals surface area contributed by atoms with Gasteiger partial charge >= 0.3 is 11.9 Å². The third-order valence-corrected chi connectivity index (χ3v) is 0.730. The molecule has 0 rings (SSSR count). The standard InChI is InChI=1S/2C4H6O2.C3H6/c2*1-3(2)4(5)6;1-3-2/h2*1H2,2H3,(H,5,6);3H,1H2,2H3. The van der Waals surface area contributed by atoms with Gasteiger partial charge in [0.1, 0.15) is 0 Å². The zero-order valence-electron chi connectivity index (χ0n) is 9.41. The molecule has 0 saturated carbocycles. The second-order valence-corrected chi connectivity index (χ2v) is 2.58. The summed E-state index contributed by atoms with van der Waals surface area (Å²) in [6, 6.07) is 0. The fourth-order valence-corrected chi connectivity index (χ4v) is 0. The lowest BCUT2D eigenvalue weighted by Gasteiger charge is -1.79. The Morgan fingerprint density at radius 2 is 1.07 bits per heavy atom. The molecule has 0 aromatic rings. The molecule has 2 N–H and O–H groups in total. The molecular formula is C11H18O4. The van der Waals surface area contributed by atoms with Crippen LogP contribution in [0.2, 0.25) is 0 Å². The molecule has 4 heteroatoms. The summed E-state index contributed by atoms with van der Waals surface area (Å²) in [5.41, 5.74) is 0.352. The number of allylic oxidation sites excluding steroid dienone is 1. The number of carbonyl (C=O) groups is 2. The van der Waals surface area contributed by atoms with Gasteiger partial charge in [0.05, 0.1) is 0 Å². The molecule has 4 nitrogen and oxygen atoms in total. The van der Waals surface area contributed by atoms with Gasteiger partial charge in [-0.3, -0.25) is 0 Å². The fourth-order valence-electron chi connectivity index (χ4n) is 0. The topological polar surface area (TPSA) is 74.6 Å². The van der Waals surface area contributed by atoms with E-state index < -0.39 is 11.9 Å². The van der Waals surface area contributed by atoms with Crippen LogP contribution in [0, 0.1) is 0 Å². The number of aliphatic carboxylic acids is 2. The van der Waals surface area contributed by atoms with Crippen LogP contribution in [-0.4, -0.2) is 22.2 Å². The summed E-state index contributed by atoms with van der Waals surface area (Å²) in [4.78, 5) is 19.2. The lowest BCUT2D eigenvalue weighted by molar-refractivity contribution is -0.133. The number of rotatable bonds is 2. The van der Waals surface area contributed by atoms with Gasteiger partial charge in [-0.25, -0.2) is 9.59 Å². The van der Waals surface area contributed by atoms with Crippen molar-refractivity contribution in [2.45, 2.75) is 20.8 Å². The van der Waals surface area contributed by atoms with Crippen LogP contribution >= 0.6 is 0 Å². The Labute approximate surface area is 90.2 Å². The van der Waals surface area contributed by atoms with Crippen LogP contribution in [0.15, 0.2) is 37.0 Å². The monoisotopic (exact) mass is 214 g/mol. The quantitative estimate of drug-likeness (QED) is 0.547. The van der Waals surface area contributed by atoms with E-state index in [9.17, 15) is 9.59 Å². The average molecular weight is 214 g/mol. The largest absolute Gasteiger partial charge is 0.478 e. The average Bonchev–Trinajstić information content (AvgIpc) is 2.06. The highest BCUT2D eigenvalue weighted by Gasteiger charge is 1.90. The minimum Gasteiger partial charge on any atom is -0.478 e. The first-order valence-electron chi connectivity index (χ1n) is 4.05. The van der Waals surface area contributed by atoms with Crippen molar-refractivity contribution < 1.29 is 19.8 Å². The van der Waals surface area contributed by atoms with Crippen LogP contribution in [0.4, 0.5) is 0 Å². The summed E-state index contributed by atoms with van der Waals surface area (Å²) < 4.78 is 0. The Balaban J connectivity index is -0.000000153. The third kappa shape index (κ3) is 33.1. The minimum atomic E-state index is -0.935. The van der Waals surface area contributed by atoms with Gasteiger partial charge in [-0.1, -0.05) is 19.2 Å². The van der Waals surface area contributed by atoms with E-state index in [1.54, 1.807) is 6.08 Å². The van der Waals surface area contributed by atoms with Crippen LogP contribution in [-0.2, 0) is 9.59 Å². The molecule has 0 spiro atoms. The van der Waals surface area contributed by atoms with Crippen molar-refractivity contribution in [1.29, 1.82) is 0 Å². The first-order valence-corrected chi connectivity index (χ1v) is 4.05. The van der Waals surface area contributed by atoms with Crippen LogP contribution in [0.3, 0.4) is 0 Å². The number of hydrogen-bond acceptors (Lipinski definition) is 2. The number of carboxylic acids is 2. The van der Waals surface area contributed by atoms with Crippen molar-refractivity contribution in [2.75, 3.05) is 0 Å². The van der Waals surface area contributed by atoms with E-state index in [1.807, 2.05) is 6.92 Å². The van der Waals surface area contributed by atoms with Crippen molar-refractivity contribution in [3.63, 3.8) is 0 Å². The fraction of sp³-hybridized carbons (Fsp3) is 0.273. The van der Waals surface area contributed by atoms with Crippen LogP contribution < -0.4 is 0 Å². The molecule has 0 saturated heterocycles. The summed E-state index contributed by atoms with van der Waals surface area (Å²) in [5.74, 6) is -1.87. The summed E-state index contributed by atoms with van der Waals surface area (Å²) in [7, 11) is 0. The van der Waals surface area contributed by atoms with Crippen LogP contribution in [0.25, 0.3) is 0 Å². The van der Waals surface area contributed by atoms with Crippen LogP contribution in [0.5, 0.6) is 0 Å². The van der Waals surface area contributed by atoms with E-state index in [0.29, 0.717) is 0 Å². The summed E-state index contributed by atoms with van der Waals surface area (Å²) in [6.45, 7) is 14.5. The predicted molar refractivity (Wildman–Crippen MR) is 60.8 cm³/mol. The van der Waals surface area contributed by atoms with E-state index in [-0.39, 0.29) is 11.1 Å². The molecule has 0 aliphatic carbocycles. The predicted octanol–water partition coefficient (Wildman–Crippen LogP) is 2.49. The van der Waals surface area contributed by atoms with Crippen molar-refractivity contribution in [2.24, 2.45) is 0 Å². The maximum absolute atomic E-state index is 9.60. The molecule has 0 fully saturated rings. The molecule has 0 aliphatic heterocycles. The van der Waals surface area contributed by atoms with E-state index >= 15 is 0 Å². The lowest BCUT2D eigenvalue weighted by Crippen LogP contribution is -1.92. The smallest absolute Gasteiger partial charge is 0.330 e. The van der Waals surface area contributed by atoms with Crippen LogP contribution in [0.1, 0.15) is 20.8 Å². The van der Waals surface area contributed by atoms with E-state index in [4.69, 9.17) is 10.2 Å².